The molecule has 2 aliphatic heterocycles. The highest BCUT2D eigenvalue weighted by Gasteiger charge is 2.39. The summed E-state index contributed by atoms with van der Waals surface area (Å²) < 4.78 is 16.5. The number of hydrogen-bond donors (Lipinski definition) is 0. The van der Waals surface area contributed by atoms with E-state index in [0.717, 1.165) is 24.0 Å². The molecule has 2 bridgehead atoms. The molecule has 0 N–H and O–H groups in total. The number of hydrogen-bond acceptors (Lipinski definition) is 5. The Kier molecular flexibility index (Phi) is 4.74. The zero-order chi connectivity index (χ0) is 16.0. The lowest BCUT2D eigenvalue weighted by molar-refractivity contribution is 0.0662. The number of halogens is 1. The Labute approximate surface area is 146 Å². The molecule has 0 amide bonds. The van der Waals surface area contributed by atoms with Crippen LogP contribution in [0.5, 0.6) is 11.5 Å². The molecule has 130 valence electrons. The van der Waals surface area contributed by atoms with Crippen molar-refractivity contribution in [2.75, 3.05) is 14.2 Å². The molecule has 2 fully saturated rings. The van der Waals surface area contributed by atoms with Crippen molar-refractivity contribution >= 4 is 23.4 Å². The van der Waals surface area contributed by atoms with Gasteiger partial charge in [0.25, 0.3) is 0 Å². The Bertz CT molecular complexity index is 776. The molecule has 6 heteroatoms. The van der Waals surface area contributed by atoms with E-state index in [1.165, 1.54) is 20.0 Å². The lowest BCUT2D eigenvalue weighted by Gasteiger charge is -2.36. The van der Waals surface area contributed by atoms with E-state index in [0.29, 0.717) is 17.7 Å². The molecular formula is C18H22ClNO4. The van der Waals surface area contributed by atoms with Crippen molar-refractivity contribution in [3.63, 3.8) is 0 Å². The van der Waals surface area contributed by atoms with Crippen molar-refractivity contribution in [3.05, 3.63) is 34.7 Å². The maximum atomic E-state index is 11.8. The van der Waals surface area contributed by atoms with E-state index in [2.05, 4.69) is 11.9 Å². The van der Waals surface area contributed by atoms with Crippen LogP contribution in [0.2, 0.25) is 0 Å². The molecular weight excluding hydrogens is 330 g/mol. The van der Waals surface area contributed by atoms with Crippen molar-refractivity contribution in [2.24, 2.45) is 0 Å². The lowest BCUT2D eigenvalue weighted by atomic mass is 10.0. The number of ether oxygens (including phenoxy) is 2. The maximum Gasteiger partial charge on any atom is 0.379 e. The highest BCUT2D eigenvalue weighted by atomic mass is 35.5. The fraction of sp³-hybridized carbons (Fsp3) is 0.500. The minimum atomic E-state index is -0.463. The molecule has 0 spiro atoms. The topological polar surface area (TPSA) is 51.9 Å². The summed E-state index contributed by atoms with van der Waals surface area (Å²) in [4.78, 5) is 14.2. The Morgan fingerprint density at radius 2 is 1.88 bits per heavy atom. The van der Waals surface area contributed by atoms with Crippen molar-refractivity contribution in [1.29, 1.82) is 0 Å². The second-order valence-corrected chi connectivity index (χ2v) is 6.56. The Morgan fingerprint density at radius 3 is 2.54 bits per heavy atom. The number of piperidine rings is 1. The third-order valence-corrected chi connectivity index (χ3v) is 5.25. The molecule has 24 heavy (non-hydrogen) atoms. The first-order valence-electron chi connectivity index (χ1n) is 8.14. The SMILES string of the molecule is COc1cc2ccc(OC3C[C@H]4CC[C@H](C3)N4C)cc2oc1=O.Cl. The average Bonchev–Trinajstić information content (AvgIpc) is 2.75. The van der Waals surface area contributed by atoms with Gasteiger partial charge in [-0.1, -0.05) is 0 Å². The summed E-state index contributed by atoms with van der Waals surface area (Å²) >= 11 is 0. The van der Waals surface area contributed by atoms with Gasteiger partial charge < -0.3 is 18.8 Å². The van der Waals surface area contributed by atoms with Crippen LogP contribution >= 0.6 is 12.4 Å². The maximum absolute atomic E-state index is 11.8. The van der Waals surface area contributed by atoms with Crippen LogP contribution in [0.15, 0.2) is 33.5 Å². The van der Waals surface area contributed by atoms with Crippen molar-refractivity contribution in [3.8, 4) is 11.5 Å². The summed E-state index contributed by atoms with van der Waals surface area (Å²) in [5.41, 5.74) is 0.0682. The minimum absolute atomic E-state index is 0. The summed E-state index contributed by atoms with van der Waals surface area (Å²) in [6.07, 6.45) is 4.92. The predicted octanol–water partition coefficient (Wildman–Crippen LogP) is 3.23. The number of rotatable bonds is 3. The largest absolute Gasteiger partial charge is 0.490 e. The van der Waals surface area contributed by atoms with E-state index < -0.39 is 5.63 Å². The first-order valence-corrected chi connectivity index (χ1v) is 8.14. The highest BCUT2D eigenvalue weighted by molar-refractivity contribution is 5.85. The smallest absolute Gasteiger partial charge is 0.379 e. The van der Waals surface area contributed by atoms with Gasteiger partial charge in [-0.25, -0.2) is 4.79 Å². The molecule has 4 rings (SSSR count). The summed E-state index contributed by atoms with van der Waals surface area (Å²) in [6, 6.07) is 8.61. The molecule has 1 aromatic heterocycles. The fourth-order valence-corrected chi connectivity index (χ4v) is 3.94. The van der Waals surface area contributed by atoms with E-state index >= 15 is 0 Å². The first-order chi connectivity index (χ1) is 11.1. The number of fused-ring (bicyclic) bond motifs is 3. The quantitative estimate of drug-likeness (QED) is 0.795. The Balaban J connectivity index is 0.00000169. The second kappa shape index (κ2) is 6.65. The molecule has 2 aromatic rings. The van der Waals surface area contributed by atoms with E-state index in [1.807, 2.05) is 12.1 Å². The third-order valence-electron chi connectivity index (χ3n) is 5.25. The van der Waals surface area contributed by atoms with Gasteiger partial charge >= 0.3 is 5.63 Å². The summed E-state index contributed by atoms with van der Waals surface area (Å²) in [6.45, 7) is 0. The van der Waals surface area contributed by atoms with Crippen LogP contribution in [-0.4, -0.2) is 37.2 Å². The van der Waals surface area contributed by atoms with Gasteiger partial charge in [-0.2, -0.15) is 0 Å². The number of benzene rings is 1. The van der Waals surface area contributed by atoms with Gasteiger partial charge in [0.05, 0.1) is 7.11 Å². The number of nitrogens with zero attached hydrogens (tertiary/aromatic N) is 1. The first kappa shape index (κ1) is 17.1. The second-order valence-electron chi connectivity index (χ2n) is 6.56. The number of methoxy groups -OCH3 is 1. The zero-order valence-electron chi connectivity index (χ0n) is 13.9. The van der Waals surface area contributed by atoms with Crippen molar-refractivity contribution < 1.29 is 13.9 Å². The predicted molar refractivity (Wildman–Crippen MR) is 94.5 cm³/mol. The monoisotopic (exact) mass is 351 g/mol. The van der Waals surface area contributed by atoms with E-state index in [1.54, 1.807) is 12.1 Å². The van der Waals surface area contributed by atoms with Gasteiger partial charge in [-0.05, 0) is 50.9 Å². The Morgan fingerprint density at radius 1 is 1.17 bits per heavy atom. The van der Waals surface area contributed by atoms with Crippen LogP contribution in [0.4, 0.5) is 0 Å². The minimum Gasteiger partial charge on any atom is -0.490 e. The lowest BCUT2D eigenvalue weighted by Crippen LogP contribution is -2.43. The molecule has 5 nitrogen and oxygen atoms in total. The molecule has 0 aliphatic carbocycles. The Hall–Kier alpha value is -1.72. The van der Waals surface area contributed by atoms with Crippen LogP contribution in [0.1, 0.15) is 25.7 Å². The summed E-state index contributed by atoms with van der Waals surface area (Å²) in [5, 5.41) is 0.831. The van der Waals surface area contributed by atoms with Crippen molar-refractivity contribution in [2.45, 2.75) is 43.9 Å². The molecule has 0 unspecified atom stereocenters. The molecule has 0 saturated carbocycles. The highest BCUT2D eigenvalue weighted by Crippen LogP contribution is 2.36. The van der Waals surface area contributed by atoms with Crippen LogP contribution in [-0.2, 0) is 0 Å². The van der Waals surface area contributed by atoms with Crippen LogP contribution in [0.3, 0.4) is 0 Å². The van der Waals surface area contributed by atoms with Crippen LogP contribution in [0.25, 0.3) is 11.0 Å². The van der Waals surface area contributed by atoms with Crippen LogP contribution in [0, 0.1) is 0 Å². The molecule has 2 saturated heterocycles. The van der Waals surface area contributed by atoms with Gasteiger partial charge in [0.2, 0.25) is 5.75 Å². The summed E-state index contributed by atoms with van der Waals surface area (Å²) in [7, 11) is 3.68. The molecule has 2 aliphatic rings. The van der Waals surface area contributed by atoms with E-state index in [9.17, 15) is 4.79 Å². The normalized spacial score (nSPS) is 26.2. The molecule has 3 heterocycles. The van der Waals surface area contributed by atoms with Gasteiger partial charge in [-0.3, -0.25) is 0 Å². The van der Waals surface area contributed by atoms with Gasteiger partial charge in [0.1, 0.15) is 17.4 Å². The van der Waals surface area contributed by atoms with Gasteiger partial charge in [0.15, 0.2) is 0 Å². The van der Waals surface area contributed by atoms with Gasteiger partial charge in [0, 0.05) is 23.5 Å². The summed E-state index contributed by atoms with van der Waals surface area (Å²) in [5.74, 6) is 0.984. The standard InChI is InChI=1S/C18H21NO4.ClH/c1-19-12-4-5-13(19)9-15(8-12)22-14-6-3-11-7-17(21-2)18(20)23-16(11)10-14;/h3,6-7,10,12-13,15H,4-5,8-9H2,1-2H3;1H/t12-,13-;/m1./s1. The van der Waals surface area contributed by atoms with E-state index in [4.69, 9.17) is 13.9 Å². The van der Waals surface area contributed by atoms with Crippen LogP contribution < -0.4 is 15.1 Å². The van der Waals surface area contributed by atoms with Gasteiger partial charge in [-0.15, -0.1) is 12.4 Å². The average molecular weight is 352 g/mol. The van der Waals surface area contributed by atoms with E-state index in [-0.39, 0.29) is 24.3 Å². The fourth-order valence-electron chi connectivity index (χ4n) is 3.94. The molecule has 2 atom stereocenters. The molecule has 1 aromatic carbocycles. The third kappa shape index (κ3) is 2.98. The molecule has 0 radical (unpaired) electrons. The van der Waals surface area contributed by atoms with Crippen molar-refractivity contribution in [1.82, 2.24) is 4.90 Å². The zero-order valence-corrected chi connectivity index (χ0v) is 14.7.